The van der Waals surface area contributed by atoms with Crippen molar-refractivity contribution in [1.29, 1.82) is 0 Å². The second-order valence-corrected chi connectivity index (χ2v) is 4.55. The van der Waals surface area contributed by atoms with Crippen molar-refractivity contribution in [2.24, 2.45) is 5.73 Å². The molecule has 0 atom stereocenters. The minimum Gasteiger partial charge on any atom is -0.486 e. The van der Waals surface area contributed by atoms with Crippen LogP contribution in [-0.2, 0) is 6.61 Å². The lowest BCUT2D eigenvalue weighted by atomic mass is 10.3. The molecule has 2 aromatic heterocycles. The van der Waals surface area contributed by atoms with Crippen molar-refractivity contribution >= 4 is 28.5 Å². The summed E-state index contributed by atoms with van der Waals surface area (Å²) in [6, 6.07) is 7.61. The predicted octanol–water partition coefficient (Wildman–Crippen LogP) is 2.36. The molecule has 3 nitrogen and oxygen atoms in total. The fourth-order valence-electron chi connectivity index (χ4n) is 1.24. The fourth-order valence-corrected chi connectivity index (χ4v) is 2.00. The van der Waals surface area contributed by atoms with Crippen LogP contribution in [0.5, 0.6) is 5.75 Å². The lowest BCUT2D eigenvalue weighted by Gasteiger charge is -2.08. The van der Waals surface area contributed by atoms with E-state index < -0.39 is 0 Å². The Morgan fingerprint density at radius 1 is 1.44 bits per heavy atom. The highest BCUT2D eigenvalue weighted by Gasteiger charge is 2.07. The Hall–Kier alpha value is -1.46. The number of aromatic nitrogens is 1. The average Bonchev–Trinajstić information content (AvgIpc) is 2.79. The largest absolute Gasteiger partial charge is 0.486 e. The summed E-state index contributed by atoms with van der Waals surface area (Å²) >= 11 is 6.55. The smallest absolute Gasteiger partial charge is 0.148 e. The van der Waals surface area contributed by atoms with Gasteiger partial charge in [0.25, 0.3) is 0 Å². The first-order valence-electron chi connectivity index (χ1n) is 4.67. The van der Waals surface area contributed by atoms with Crippen molar-refractivity contribution in [3.63, 3.8) is 0 Å². The van der Waals surface area contributed by atoms with Crippen LogP contribution < -0.4 is 10.5 Å². The summed E-state index contributed by atoms with van der Waals surface area (Å²) in [7, 11) is 0. The van der Waals surface area contributed by atoms with E-state index in [4.69, 9.17) is 22.7 Å². The van der Waals surface area contributed by atoms with Crippen molar-refractivity contribution in [3.8, 4) is 5.75 Å². The van der Waals surface area contributed by atoms with E-state index in [0.717, 1.165) is 4.88 Å². The van der Waals surface area contributed by atoms with Gasteiger partial charge >= 0.3 is 0 Å². The summed E-state index contributed by atoms with van der Waals surface area (Å²) in [5.74, 6) is 0.628. The first kappa shape index (κ1) is 11.0. The monoisotopic (exact) mass is 250 g/mol. The Bertz CT molecular complexity index is 482. The molecular formula is C11H10N2OS2. The van der Waals surface area contributed by atoms with Crippen molar-refractivity contribution in [1.82, 2.24) is 4.98 Å². The number of hydrogen-bond acceptors (Lipinski definition) is 4. The van der Waals surface area contributed by atoms with Crippen LogP contribution in [0.1, 0.15) is 10.6 Å². The molecule has 0 bridgehead atoms. The van der Waals surface area contributed by atoms with Gasteiger partial charge in [0, 0.05) is 11.1 Å². The van der Waals surface area contributed by atoms with Gasteiger partial charge < -0.3 is 10.5 Å². The minimum absolute atomic E-state index is 0.252. The third kappa shape index (κ3) is 2.56. The summed E-state index contributed by atoms with van der Waals surface area (Å²) in [6.45, 7) is 0.513. The van der Waals surface area contributed by atoms with Gasteiger partial charge in [-0.05, 0) is 23.6 Å². The maximum atomic E-state index is 5.62. The van der Waals surface area contributed by atoms with Crippen LogP contribution in [0.15, 0.2) is 35.8 Å². The first-order valence-corrected chi connectivity index (χ1v) is 5.96. The molecule has 2 N–H and O–H groups in total. The second kappa shape index (κ2) is 5.05. The van der Waals surface area contributed by atoms with Crippen LogP contribution in [0.4, 0.5) is 0 Å². The van der Waals surface area contributed by atoms with E-state index >= 15 is 0 Å². The molecule has 0 spiro atoms. The molecule has 0 saturated carbocycles. The summed E-state index contributed by atoms with van der Waals surface area (Å²) < 4.78 is 5.62. The van der Waals surface area contributed by atoms with Gasteiger partial charge in [-0.1, -0.05) is 18.3 Å². The molecule has 0 aliphatic carbocycles. The van der Waals surface area contributed by atoms with Crippen molar-refractivity contribution < 1.29 is 4.74 Å². The third-order valence-electron chi connectivity index (χ3n) is 1.95. The van der Waals surface area contributed by atoms with Gasteiger partial charge in [0.1, 0.15) is 23.0 Å². The number of nitrogens with zero attached hydrogens (tertiary/aromatic N) is 1. The molecule has 2 rings (SSSR count). The van der Waals surface area contributed by atoms with Crippen molar-refractivity contribution in [2.45, 2.75) is 6.61 Å². The average molecular weight is 250 g/mol. The highest BCUT2D eigenvalue weighted by atomic mass is 32.1. The lowest BCUT2D eigenvalue weighted by molar-refractivity contribution is 0.308. The van der Waals surface area contributed by atoms with E-state index in [1.807, 2.05) is 23.6 Å². The van der Waals surface area contributed by atoms with Crippen LogP contribution in [0.3, 0.4) is 0 Å². The number of ether oxygens (including phenoxy) is 1. The van der Waals surface area contributed by atoms with Gasteiger partial charge in [0.05, 0.1) is 0 Å². The number of hydrogen-bond donors (Lipinski definition) is 1. The molecule has 0 amide bonds. The van der Waals surface area contributed by atoms with E-state index in [0.29, 0.717) is 18.1 Å². The highest BCUT2D eigenvalue weighted by molar-refractivity contribution is 7.80. The minimum atomic E-state index is 0.252. The molecule has 5 heteroatoms. The van der Waals surface area contributed by atoms with Gasteiger partial charge in [-0.2, -0.15) is 0 Å². The zero-order valence-corrected chi connectivity index (χ0v) is 10.1. The molecule has 0 fully saturated rings. The fraction of sp³-hybridized carbons (Fsp3) is 0.0909. The van der Waals surface area contributed by atoms with E-state index in [-0.39, 0.29) is 4.99 Å². The van der Waals surface area contributed by atoms with Gasteiger partial charge in [-0.25, -0.2) is 4.98 Å². The number of thiophene rings is 1. The summed E-state index contributed by atoms with van der Waals surface area (Å²) in [5.41, 5.74) is 6.09. The van der Waals surface area contributed by atoms with Gasteiger partial charge in [0.2, 0.25) is 0 Å². The van der Waals surface area contributed by atoms with Crippen molar-refractivity contribution in [3.05, 3.63) is 46.4 Å². The van der Waals surface area contributed by atoms with E-state index in [1.54, 1.807) is 23.6 Å². The SMILES string of the molecule is NC(=S)c1ncccc1OCc1cccs1. The number of thiocarbonyl (C=S) groups is 1. The molecule has 2 aromatic rings. The maximum Gasteiger partial charge on any atom is 0.148 e. The Kier molecular flexibility index (Phi) is 3.48. The molecule has 0 radical (unpaired) electrons. The molecule has 16 heavy (non-hydrogen) atoms. The predicted molar refractivity (Wildman–Crippen MR) is 68.8 cm³/mol. The van der Waals surface area contributed by atoms with E-state index in [1.165, 1.54) is 0 Å². The standard InChI is InChI=1S/C11H10N2OS2/c12-11(15)10-9(4-1-5-13-10)14-7-8-3-2-6-16-8/h1-6H,7H2,(H2,12,15). The zero-order valence-electron chi connectivity index (χ0n) is 8.42. The normalized spacial score (nSPS) is 10.0. The molecule has 82 valence electrons. The zero-order chi connectivity index (χ0) is 11.4. The Balaban J connectivity index is 2.12. The van der Waals surface area contributed by atoms with Gasteiger partial charge in [-0.3, -0.25) is 0 Å². The maximum absolute atomic E-state index is 5.62. The van der Waals surface area contributed by atoms with Crippen LogP contribution in [0, 0.1) is 0 Å². The molecule has 0 aromatic carbocycles. The summed E-state index contributed by atoms with van der Waals surface area (Å²) in [4.78, 5) is 5.49. The van der Waals surface area contributed by atoms with Crippen LogP contribution in [0.2, 0.25) is 0 Å². The van der Waals surface area contributed by atoms with Gasteiger partial charge in [0.15, 0.2) is 0 Å². The lowest BCUT2D eigenvalue weighted by Crippen LogP contribution is -2.13. The molecule has 0 aliphatic rings. The van der Waals surface area contributed by atoms with Crippen molar-refractivity contribution in [2.75, 3.05) is 0 Å². The highest BCUT2D eigenvalue weighted by Crippen LogP contribution is 2.18. The Morgan fingerprint density at radius 2 is 2.31 bits per heavy atom. The second-order valence-electron chi connectivity index (χ2n) is 3.08. The molecule has 2 heterocycles. The van der Waals surface area contributed by atoms with Crippen LogP contribution in [0.25, 0.3) is 0 Å². The summed E-state index contributed by atoms with van der Waals surface area (Å²) in [6.07, 6.45) is 1.65. The van der Waals surface area contributed by atoms with Crippen LogP contribution >= 0.6 is 23.6 Å². The molecule has 0 unspecified atom stereocenters. The first-order chi connectivity index (χ1) is 7.77. The Morgan fingerprint density at radius 3 is 3.00 bits per heavy atom. The van der Waals surface area contributed by atoms with Gasteiger partial charge in [-0.15, -0.1) is 11.3 Å². The number of rotatable bonds is 4. The third-order valence-corrected chi connectivity index (χ3v) is 3.00. The summed E-state index contributed by atoms with van der Waals surface area (Å²) in [5, 5.41) is 2.01. The van der Waals surface area contributed by atoms with Crippen LogP contribution in [-0.4, -0.2) is 9.97 Å². The molecule has 0 saturated heterocycles. The van der Waals surface area contributed by atoms with E-state index in [9.17, 15) is 0 Å². The Labute approximate surface area is 103 Å². The molecular weight excluding hydrogens is 240 g/mol. The number of nitrogens with two attached hydrogens (primary N) is 1. The quantitative estimate of drug-likeness (QED) is 0.846. The molecule has 0 aliphatic heterocycles. The topological polar surface area (TPSA) is 48.1 Å². The van der Waals surface area contributed by atoms with E-state index in [2.05, 4.69) is 4.98 Å². The number of pyridine rings is 1.